The van der Waals surface area contributed by atoms with E-state index in [2.05, 4.69) is 22.0 Å². The number of halogens is 1. The van der Waals surface area contributed by atoms with Gasteiger partial charge in [-0.2, -0.15) is 5.26 Å². The summed E-state index contributed by atoms with van der Waals surface area (Å²) in [4.78, 5) is 0. The lowest BCUT2D eigenvalue weighted by atomic mass is 10.2. The fourth-order valence-electron chi connectivity index (χ4n) is 1.12. The van der Waals surface area contributed by atoms with E-state index in [0.29, 0.717) is 23.7 Å². The van der Waals surface area contributed by atoms with Crippen LogP contribution < -0.4 is 9.47 Å². The molecule has 0 fully saturated rings. The Kier molecular flexibility index (Phi) is 3.78. The van der Waals surface area contributed by atoms with Crippen LogP contribution in [0, 0.1) is 11.3 Å². The molecule has 0 unspecified atom stereocenters. The van der Waals surface area contributed by atoms with Crippen LogP contribution >= 0.6 is 15.9 Å². The molecule has 0 spiro atoms. The molecule has 0 radical (unpaired) electrons. The molecule has 1 rings (SSSR count). The molecule has 1 aromatic rings. The Balaban J connectivity index is 3.26. The first-order valence-corrected chi connectivity index (χ1v) is 4.92. The average molecular weight is 256 g/mol. The van der Waals surface area contributed by atoms with Crippen LogP contribution in [0.2, 0.25) is 0 Å². The van der Waals surface area contributed by atoms with E-state index >= 15 is 0 Å². The predicted octanol–water partition coefficient (Wildman–Crippen LogP) is 2.73. The molecule has 0 aliphatic rings. The zero-order valence-electron chi connectivity index (χ0n) is 8.00. The maximum atomic E-state index is 8.86. The number of methoxy groups -OCH3 is 1. The average Bonchev–Trinajstić information content (AvgIpc) is 2.17. The largest absolute Gasteiger partial charge is 0.492 e. The molecule has 74 valence electrons. The first-order valence-electron chi connectivity index (χ1n) is 4.13. The number of hydrogen-bond acceptors (Lipinski definition) is 3. The molecule has 0 atom stereocenters. The summed E-state index contributed by atoms with van der Waals surface area (Å²) in [6.07, 6.45) is 0. The zero-order valence-corrected chi connectivity index (χ0v) is 9.59. The predicted molar refractivity (Wildman–Crippen MR) is 56.6 cm³/mol. The molecule has 4 heteroatoms. The van der Waals surface area contributed by atoms with Gasteiger partial charge in [0.25, 0.3) is 0 Å². The second-order valence-electron chi connectivity index (χ2n) is 2.53. The minimum absolute atomic E-state index is 0.463. The van der Waals surface area contributed by atoms with Crippen LogP contribution in [-0.2, 0) is 0 Å². The molecule has 0 saturated heterocycles. The number of benzene rings is 1. The molecule has 0 heterocycles. The van der Waals surface area contributed by atoms with Crippen LogP contribution in [0.5, 0.6) is 11.5 Å². The van der Waals surface area contributed by atoms with E-state index in [0.717, 1.165) is 4.47 Å². The minimum atomic E-state index is 0.463. The third-order valence-corrected chi connectivity index (χ3v) is 2.10. The highest BCUT2D eigenvalue weighted by atomic mass is 79.9. The Labute approximate surface area is 91.4 Å². The molecule has 0 amide bonds. The minimum Gasteiger partial charge on any atom is -0.492 e. The van der Waals surface area contributed by atoms with E-state index in [9.17, 15) is 0 Å². The van der Waals surface area contributed by atoms with Crippen molar-refractivity contribution < 1.29 is 9.47 Å². The first-order chi connectivity index (χ1) is 6.72. The van der Waals surface area contributed by atoms with Gasteiger partial charge in [0.05, 0.1) is 19.3 Å². The van der Waals surface area contributed by atoms with Crippen molar-refractivity contribution in [1.82, 2.24) is 0 Å². The normalized spacial score (nSPS) is 9.29. The van der Waals surface area contributed by atoms with Crippen LogP contribution in [0.3, 0.4) is 0 Å². The number of hydrogen-bond donors (Lipinski definition) is 0. The summed E-state index contributed by atoms with van der Waals surface area (Å²) in [6.45, 7) is 2.42. The number of nitriles is 1. The summed E-state index contributed by atoms with van der Waals surface area (Å²) in [5.74, 6) is 1.07. The van der Waals surface area contributed by atoms with Crippen molar-refractivity contribution in [1.29, 1.82) is 5.26 Å². The van der Waals surface area contributed by atoms with Crippen LogP contribution in [-0.4, -0.2) is 13.7 Å². The van der Waals surface area contributed by atoms with Gasteiger partial charge in [-0.1, -0.05) is 15.9 Å². The van der Waals surface area contributed by atoms with Gasteiger partial charge in [0.2, 0.25) is 0 Å². The summed E-state index contributed by atoms with van der Waals surface area (Å²) in [5, 5.41) is 8.86. The van der Waals surface area contributed by atoms with E-state index in [4.69, 9.17) is 14.7 Å². The van der Waals surface area contributed by atoms with Gasteiger partial charge in [0, 0.05) is 4.47 Å². The van der Waals surface area contributed by atoms with Gasteiger partial charge in [0.1, 0.15) is 6.07 Å². The third-order valence-electron chi connectivity index (χ3n) is 1.64. The quantitative estimate of drug-likeness (QED) is 0.834. The first kappa shape index (κ1) is 10.9. The van der Waals surface area contributed by atoms with E-state index in [1.807, 2.05) is 6.92 Å². The second kappa shape index (κ2) is 4.87. The fourth-order valence-corrected chi connectivity index (χ4v) is 1.56. The Bertz CT molecular complexity index is 371. The fraction of sp³-hybridized carbons (Fsp3) is 0.300. The topological polar surface area (TPSA) is 42.2 Å². The van der Waals surface area contributed by atoms with E-state index in [1.165, 1.54) is 7.11 Å². The molecule has 0 bridgehead atoms. The number of rotatable bonds is 3. The molecular weight excluding hydrogens is 246 g/mol. The maximum Gasteiger partial charge on any atom is 0.178 e. The maximum absolute atomic E-state index is 8.86. The molecule has 0 aromatic heterocycles. The van der Waals surface area contributed by atoms with Crippen molar-refractivity contribution in [2.45, 2.75) is 6.92 Å². The van der Waals surface area contributed by atoms with Crippen molar-refractivity contribution in [3.8, 4) is 17.6 Å². The van der Waals surface area contributed by atoms with E-state index in [1.54, 1.807) is 12.1 Å². The van der Waals surface area contributed by atoms with Crippen molar-refractivity contribution in [3.63, 3.8) is 0 Å². The van der Waals surface area contributed by atoms with Crippen molar-refractivity contribution in [3.05, 3.63) is 22.2 Å². The van der Waals surface area contributed by atoms with Gasteiger partial charge in [-0.15, -0.1) is 0 Å². The highest BCUT2D eigenvalue weighted by molar-refractivity contribution is 9.10. The van der Waals surface area contributed by atoms with Crippen LogP contribution in [0.4, 0.5) is 0 Å². The van der Waals surface area contributed by atoms with E-state index in [-0.39, 0.29) is 0 Å². The number of nitrogens with zero attached hydrogens (tertiary/aromatic N) is 1. The van der Waals surface area contributed by atoms with Gasteiger partial charge in [-0.05, 0) is 19.1 Å². The smallest absolute Gasteiger partial charge is 0.178 e. The molecule has 0 aliphatic heterocycles. The third kappa shape index (κ3) is 2.18. The summed E-state index contributed by atoms with van der Waals surface area (Å²) in [6, 6.07) is 5.53. The summed E-state index contributed by atoms with van der Waals surface area (Å²) in [7, 11) is 1.52. The lowest BCUT2D eigenvalue weighted by Gasteiger charge is -2.10. The molecule has 14 heavy (non-hydrogen) atoms. The molecule has 0 saturated carbocycles. The van der Waals surface area contributed by atoms with Gasteiger partial charge < -0.3 is 9.47 Å². The van der Waals surface area contributed by atoms with Crippen molar-refractivity contribution in [2.75, 3.05) is 13.7 Å². The molecule has 0 aliphatic carbocycles. The van der Waals surface area contributed by atoms with Crippen LogP contribution in [0.15, 0.2) is 16.6 Å². The highest BCUT2D eigenvalue weighted by Gasteiger charge is 2.11. The lowest BCUT2D eigenvalue weighted by molar-refractivity contribution is 0.310. The Morgan fingerprint density at radius 3 is 2.71 bits per heavy atom. The molecule has 3 nitrogen and oxygen atoms in total. The van der Waals surface area contributed by atoms with Crippen LogP contribution in [0.25, 0.3) is 0 Å². The Morgan fingerprint density at radius 2 is 2.21 bits per heavy atom. The summed E-state index contributed by atoms with van der Waals surface area (Å²) < 4.78 is 11.3. The van der Waals surface area contributed by atoms with Gasteiger partial charge in [-0.25, -0.2) is 0 Å². The van der Waals surface area contributed by atoms with E-state index < -0.39 is 0 Å². The lowest BCUT2D eigenvalue weighted by Crippen LogP contribution is -1.97. The van der Waals surface area contributed by atoms with Gasteiger partial charge in [-0.3, -0.25) is 0 Å². The highest BCUT2D eigenvalue weighted by Crippen LogP contribution is 2.34. The number of ether oxygens (including phenoxy) is 2. The SMILES string of the molecule is CCOc1cc(Br)cc(C#N)c1OC. The van der Waals surface area contributed by atoms with Crippen molar-refractivity contribution in [2.24, 2.45) is 0 Å². The van der Waals surface area contributed by atoms with Crippen LogP contribution in [0.1, 0.15) is 12.5 Å². The van der Waals surface area contributed by atoms with Crippen molar-refractivity contribution >= 4 is 15.9 Å². The van der Waals surface area contributed by atoms with Gasteiger partial charge in [0.15, 0.2) is 11.5 Å². The summed E-state index contributed by atoms with van der Waals surface area (Å²) >= 11 is 3.30. The molecule has 1 aromatic carbocycles. The Morgan fingerprint density at radius 1 is 1.50 bits per heavy atom. The summed E-state index contributed by atoms with van der Waals surface area (Å²) in [5.41, 5.74) is 0.463. The standard InChI is InChI=1S/C10H10BrNO2/c1-3-14-9-5-8(11)4-7(6-12)10(9)13-2/h4-5H,3H2,1-2H3. The second-order valence-corrected chi connectivity index (χ2v) is 3.45. The zero-order chi connectivity index (χ0) is 10.6. The Hall–Kier alpha value is -1.21. The molecule has 0 N–H and O–H groups in total. The molecular formula is C10H10BrNO2. The monoisotopic (exact) mass is 255 g/mol. The van der Waals surface area contributed by atoms with Gasteiger partial charge >= 0.3 is 0 Å².